The predicted molar refractivity (Wildman–Crippen MR) is 138 cm³/mol. The first-order chi connectivity index (χ1) is 16.0. The number of fused-ring (bicyclic) bond motifs is 1. The van der Waals surface area contributed by atoms with E-state index in [-0.39, 0.29) is 11.5 Å². The molecule has 0 aliphatic carbocycles. The molecule has 2 atom stereocenters. The molecule has 0 bridgehead atoms. The Hall–Kier alpha value is -2.59. The number of hydrogen-bond acceptors (Lipinski definition) is 3. The number of nitrogens with zero attached hydrogens (tertiary/aromatic N) is 1. The topological polar surface area (TPSA) is 41.6 Å². The van der Waals surface area contributed by atoms with Gasteiger partial charge in [-0.05, 0) is 75.1 Å². The fourth-order valence-electron chi connectivity index (χ4n) is 4.91. The number of ether oxygens (including phenoxy) is 1. The Morgan fingerprint density at radius 3 is 2.55 bits per heavy atom. The third kappa shape index (κ3) is 5.67. The summed E-state index contributed by atoms with van der Waals surface area (Å²) in [5.41, 5.74) is 3.92. The fraction of sp³-hybridized carbons (Fsp3) is 0.483. The average Bonchev–Trinajstić information content (AvgIpc) is 3.03. The highest BCUT2D eigenvalue weighted by Gasteiger charge is 2.38. The van der Waals surface area contributed by atoms with E-state index in [0.29, 0.717) is 6.04 Å². The van der Waals surface area contributed by atoms with Crippen molar-refractivity contribution < 1.29 is 9.53 Å². The highest BCUT2D eigenvalue weighted by Crippen LogP contribution is 2.43. The van der Waals surface area contributed by atoms with Crippen molar-refractivity contribution in [3.8, 4) is 5.75 Å². The van der Waals surface area contributed by atoms with Gasteiger partial charge < -0.3 is 15.0 Å². The van der Waals surface area contributed by atoms with E-state index in [1.807, 2.05) is 43.9 Å². The molecule has 1 spiro atoms. The quantitative estimate of drug-likeness (QED) is 0.583. The molecule has 2 aliphatic heterocycles. The molecule has 0 radical (unpaired) electrons. The minimum absolute atomic E-state index is 0.109. The van der Waals surface area contributed by atoms with Gasteiger partial charge in [-0.2, -0.15) is 0 Å². The molecule has 2 aliphatic rings. The molecule has 2 heterocycles. The van der Waals surface area contributed by atoms with Gasteiger partial charge >= 0.3 is 0 Å². The molecule has 0 saturated carbocycles. The Bertz CT molecular complexity index is 950. The van der Waals surface area contributed by atoms with Gasteiger partial charge in [-0.15, -0.1) is 0 Å². The summed E-state index contributed by atoms with van der Waals surface area (Å²) in [7, 11) is 0. The van der Waals surface area contributed by atoms with Crippen molar-refractivity contribution in [2.75, 3.05) is 19.6 Å². The van der Waals surface area contributed by atoms with Gasteiger partial charge in [0.05, 0.1) is 0 Å². The van der Waals surface area contributed by atoms with E-state index in [0.717, 1.165) is 67.8 Å². The summed E-state index contributed by atoms with van der Waals surface area (Å²) in [6, 6.07) is 16.8. The lowest BCUT2D eigenvalue weighted by atomic mass is 9.83. The highest BCUT2D eigenvalue weighted by atomic mass is 16.5. The lowest BCUT2D eigenvalue weighted by Crippen LogP contribution is -2.40. The van der Waals surface area contributed by atoms with E-state index in [1.165, 1.54) is 5.57 Å². The molecular weight excluding hydrogens is 408 g/mol. The normalized spacial score (nSPS) is 21.6. The maximum Gasteiger partial charge on any atom is 0.253 e. The zero-order valence-electron chi connectivity index (χ0n) is 21.0. The first-order valence-corrected chi connectivity index (χ1v) is 12.7. The van der Waals surface area contributed by atoms with Crippen LogP contribution in [0.1, 0.15) is 81.8 Å². The molecule has 0 aromatic heterocycles. The molecule has 33 heavy (non-hydrogen) atoms. The van der Waals surface area contributed by atoms with Crippen molar-refractivity contribution in [3.63, 3.8) is 0 Å². The minimum Gasteiger partial charge on any atom is -0.482 e. The average molecular weight is 449 g/mol. The standard InChI is InChI=1S/C27H34N2O2.C2H6/c1-4-17-29(5-2)26(30)22-13-11-21(12-14-22)24-19-27(15-8-16-28-20(3)18-27)31-25-10-7-6-9-23(24)25;1-2/h6-7,9-14,19-20,28H,4-5,8,15-18H2,1-3H3;1-2H3. The van der Waals surface area contributed by atoms with Crippen LogP contribution in [0.4, 0.5) is 0 Å². The molecule has 178 valence electrons. The van der Waals surface area contributed by atoms with Crippen LogP contribution in [0, 0.1) is 0 Å². The largest absolute Gasteiger partial charge is 0.482 e. The third-order valence-electron chi connectivity index (χ3n) is 6.42. The molecule has 4 rings (SSSR count). The van der Waals surface area contributed by atoms with E-state index in [4.69, 9.17) is 4.74 Å². The lowest BCUT2D eigenvalue weighted by Gasteiger charge is -2.37. The van der Waals surface area contributed by atoms with E-state index < -0.39 is 0 Å². The van der Waals surface area contributed by atoms with Crippen LogP contribution in [-0.2, 0) is 0 Å². The molecule has 1 saturated heterocycles. The van der Waals surface area contributed by atoms with Gasteiger partial charge in [0.2, 0.25) is 0 Å². The first-order valence-electron chi connectivity index (χ1n) is 12.7. The monoisotopic (exact) mass is 448 g/mol. The Morgan fingerprint density at radius 1 is 1.12 bits per heavy atom. The number of para-hydroxylation sites is 1. The molecule has 1 amide bonds. The van der Waals surface area contributed by atoms with Crippen LogP contribution in [0.15, 0.2) is 54.6 Å². The minimum atomic E-state index is -0.290. The number of benzene rings is 2. The van der Waals surface area contributed by atoms with Crippen molar-refractivity contribution in [2.24, 2.45) is 0 Å². The second kappa shape index (κ2) is 11.5. The zero-order valence-corrected chi connectivity index (χ0v) is 21.0. The number of carbonyl (C=O) groups excluding carboxylic acids is 1. The van der Waals surface area contributed by atoms with Crippen molar-refractivity contribution in [1.29, 1.82) is 0 Å². The number of hydrogen-bond donors (Lipinski definition) is 1. The Kier molecular flexibility index (Phi) is 8.74. The molecular formula is C29H40N2O2. The van der Waals surface area contributed by atoms with Crippen molar-refractivity contribution >= 4 is 11.5 Å². The molecule has 4 nitrogen and oxygen atoms in total. The Labute approximate surface area is 200 Å². The van der Waals surface area contributed by atoms with Gasteiger partial charge in [0.25, 0.3) is 5.91 Å². The van der Waals surface area contributed by atoms with E-state index in [1.54, 1.807) is 0 Å². The van der Waals surface area contributed by atoms with Gasteiger partial charge in [-0.3, -0.25) is 4.79 Å². The summed E-state index contributed by atoms with van der Waals surface area (Å²) in [6.45, 7) is 12.9. The SMILES string of the molecule is CC.CCCN(CC)C(=O)c1ccc(C2=CC3(CCCNC(C)C3)Oc3ccccc32)cc1. The van der Waals surface area contributed by atoms with Crippen LogP contribution in [0.25, 0.3) is 5.57 Å². The van der Waals surface area contributed by atoms with E-state index >= 15 is 0 Å². The summed E-state index contributed by atoms with van der Waals surface area (Å²) < 4.78 is 6.62. The number of nitrogens with one attached hydrogen (secondary N) is 1. The number of rotatable bonds is 5. The summed E-state index contributed by atoms with van der Waals surface area (Å²) in [6.07, 6.45) is 6.35. The van der Waals surface area contributed by atoms with Gasteiger partial charge in [-0.1, -0.05) is 51.1 Å². The van der Waals surface area contributed by atoms with Crippen LogP contribution >= 0.6 is 0 Å². The van der Waals surface area contributed by atoms with Gasteiger partial charge in [0.1, 0.15) is 11.4 Å². The molecule has 2 aromatic carbocycles. The summed E-state index contributed by atoms with van der Waals surface area (Å²) in [4.78, 5) is 14.8. The summed E-state index contributed by atoms with van der Waals surface area (Å²) in [5.74, 6) is 1.06. The van der Waals surface area contributed by atoms with Crippen LogP contribution in [0.3, 0.4) is 0 Å². The smallest absolute Gasteiger partial charge is 0.253 e. The highest BCUT2D eigenvalue weighted by molar-refractivity contribution is 5.95. The predicted octanol–water partition coefficient (Wildman–Crippen LogP) is 6.31. The van der Waals surface area contributed by atoms with Crippen molar-refractivity contribution in [2.45, 2.75) is 71.9 Å². The summed E-state index contributed by atoms with van der Waals surface area (Å²) >= 11 is 0. The van der Waals surface area contributed by atoms with Crippen LogP contribution in [0.5, 0.6) is 5.75 Å². The fourth-order valence-corrected chi connectivity index (χ4v) is 4.91. The molecule has 4 heteroatoms. The maximum absolute atomic E-state index is 12.9. The van der Waals surface area contributed by atoms with Gasteiger partial charge in [-0.25, -0.2) is 0 Å². The van der Waals surface area contributed by atoms with Crippen molar-refractivity contribution in [1.82, 2.24) is 10.2 Å². The van der Waals surface area contributed by atoms with Crippen molar-refractivity contribution in [3.05, 3.63) is 71.3 Å². The molecule has 1 fully saturated rings. The number of amides is 1. The Morgan fingerprint density at radius 2 is 1.85 bits per heavy atom. The first kappa shape index (κ1) is 25.0. The molecule has 2 aromatic rings. The number of carbonyl (C=O) groups is 1. The second-order valence-corrected chi connectivity index (χ2v) is 8.85. The van der Waals surface area contributed by atoms with E-state index in [2.05, 4.69) is 55.6 Å². The van der Waals surface area contributed by atoms with Crippen LogP contribution in [-0.4, -0.2) is 42.1 Å². The van der Waals surface area contributed by atoms with Crippen LogP contribution < -0.4 is 10.1 Å². The molecule has 1 N–H and O–H groups in total. The molecule has 2 unspecified atom stereocenters. The van der Waals surface area contributed by atoms with Gasteiger partial charge in [0, 0.05) is 36.7 Å². The maximum atomic E-state index is 12.9. The van der Waals surface area contributed by atoms with E-state index in [9.17, 15) is 4.79 Å². The Balaban J connectivity index is 0.00000149. The zero-order chi connectivity index (χ0) is 23.8. The van der Waals surface area contributed by atoms with Crippen LogP contribution in [0.2, 0.25) is 0 Å². The third-order valence-corrected chi connectivity index (χ3v) is 6.42. The van der Waals surface area contributed by atoms with Gasteiger partial charge in [0.15, 0.2) is 0 Å². The summed E-state index contributed by atoms with van der Waals surface area (Å²) in [5, 5.41) is 3.59. The lowest BCUT2D eigenvalue weighted by molar-refractivity contribution is 0.0764. The second-order valence-electron chi connectivity index (χ2n) is 8.85.